The van der Waals surface area contributed by atoms with Gasteiger partial charge in [-0.15, -0.1) is 0 Å². The number of hydrogen-bond acceptors (Lipinski definition) is 5. The van der Waals surface area contributed by atoms with Crippen molar-refractivity contribution < 1.29 is 8.83 Å². The number of fused-ring (bicyclic) bond motifs is 9. The number of aromatic nitrogens is 4. The van der Waals surface area contributed by atoms with E-state index in [0.29, 0.717) is 17.5 Å². The van der Waals surface area contributed by atoms with Crippen LogP contribution in [0.4, 0.5) is 0 Å². The molecule has 0 N–H and O–H groups in total. The highest BCUT2D eigenvalue weighted by molar-refractivity contribution is 6.14. The summed E-state index contributed by atoms with van der Waals surface area (Å²) in [5.41, 5.74) is 15.6. The molecule has 0 aliphatic carbocycles. The summed E-state index contributed by atoms with van der Waals surface area (Å²) in [7, 11) is 0. The average molecular weight is 883 g/mol. The Labute approximate surface area is 396 Å². The van der Waals surface area contributed by atoms with Gasteiger partial charge in [0, 0.05) is 60.1 Å². The molecule has 0 fully saturated rings. The van der Waals surface area contributed by atoms with Crippen LogP contribution in [0.3, 0.4) is 0 Å². The smallest absolute Gasteiger partial charge is 0.164 e. The molecule has 14 rings (SSSR count). The molecule has 0 spiro atoms. The largest absolute Gasteiger partial charge is 0.456 e. The van der Waals surface area contributed by atoms with E-state index in [0.717, 1.165) is 99.5 Å². The topological polar surface area (TPSA) is 69.9 Å². The van der Waals surface area contributed by atoms with Gasteiger partial charge in [0.25, 0.3) is 0 Å². The Kier molecular flexibility index (Phi) is 8.79. The summed E-state index contributed by atoms with van der Waals surface area (Å²) in [6.45, 7) is 0. The Morgan fingerprint density at radius 2 is 0.725 bits per heavy atom. The number of furan rings is 2. The van der Waals surface area contributed by atoms with Crippen molar-refractivity contribution in [1.82, 2.24) is 19.5 Å². The minimum absolute atomic E-state index is 0.542. The van der Waals surface area contributed by atoms with Crippen molar-refractivity contribution in [3.63, 3.8) is 0 Å². The van der Waals surface area contributed by atoms with Crippen LogP contribution in [-0.2, 0) is 0 Å². The molecule has 6 heteroatoms. The van der Waals surface area contributed by atoms with Gasteiger partial charge in [0.1, 0.15) is 22.3 Å². The van der Waals surface area contributed by atoms with Gasteiger partial charge in [-0.1, -0.05) is 176 Å². The van der Waals surface area contributed by atoms with Crippen molar-refractivity contribution in [2.45, 2.75) is 0 Å². The fourth-order valence-electron chi connectivity index (χ4n) is 10.4. The number of rotatable bonds is 7. The van der Waals surface area contributed by atoms with Gasteiger partial charge < -0.3 is 13.4 Å². The molecule has 10 aromatic carbocycles. The van der Waals surface area contributed by atoms with Gasteiger partial charge in [-0.05, 0) is 76.9 Å². The predicted molar refractivity (Wildman–Crippen MR) is 281 cm³/mol. The quantitative estimate of drug-likeness (QED) is 0.159. The van der Waals surface area contributed by atoms with Crippen molar-refractivity contribution in [3.05, 3.63) is 231 Å². The lowest BCUT2D eigenvalue weighted by Crippen LogP contribution is -2.04. The molecule has 0 radical (unpaired) electrons. The normalized spacial score (nSPS) is 11.8. The fourth-order valence-corrected chi connectivity index (χ4v) is 10.4. The molecule has 0 aliphatic rings. The monoisotopic (exact) mass is 882 g/mol. The number of benzene rings is 10. The molecule has 4 heterocycles. The van der Waals surface area contributed by atoms with E-state index in [9.17, 15) is 0 Å². The van der Waals surface area contributed by atoms with Crippen LogP contribution in [0.5, 0.6) is 0 Å². The molecule has 322 valence electrons. The van der Waals surface area contributed by atoms with Crippen molar-refractivity contribution in [1.29, 1.82) is 0 Å². The minimum Gasteiger partial charge on any atom is -0.456 e. The van der Waals surface area contributed by atoms with Crippen LogP contribution in [0, 0.1) is 0 Å². The maximum atomic E-state index is 6.42. The third-order valence-corrected chi connectivity index (χ3v) is 13.5. The fraction of sp³-hybridized carbons (Fsp3) is 0. The zero-order valence-corrected chi connectivity index (χ0v) is 37.0. The summed E-state index contributed by atoms with van der Waals surface area (Å²) in [5.74, 6) is 1.63. The molecular formula is C63H38N4O2. The van der Waals surface area contributed by atoms with Crippen LogP contribution >= 0.6 is 0 Å². The van der Waals surface area contributed by atoms with Gasteiger partial charge in [-0.2, -0.15) is 0 Å². The van der Waals surface area contributed by atoms with Crippen molar-refractivity contribution in [2.75, 3.05) is 0 Å². The highest BCUT2D eigenvalue weighted by Gasteiger charge is 2.25. The van der Waals surface area contributed by atoms with Gasteiger partial charge >= 0.3 is 0 Å². The van der Waals surface area contributed by atoms with E-state index in [1.54, 1.807) is 0 Å². The summed E-state index contributed by atoms with van der Waals surface area (Å²) in [5, 5.41) is 6.27. The highest BCUT2D eigenvalue weighted by Crippen LogP contribution is 2.45. The third-order valence-electron chi connectivity index (χ3n) is 13.5. The summed E-state index contributed by atoms with van der Waals surface area (Å²) in [4.78, 5) is 16.3. The van der Waals surface area contributed by atoms with E-state index in [-0.39, 0.29) is 0 Å². The lowest BCUT2D eigenvalue weighted by Gasteiger charge is -2.21. The van der Waals surface area contributed by atoms with Crippen LogP contribution in [0.2, 0.25) is 0 Å². The zero-order valence-electron chi connectivity index (χ0n) is 37.0. The summed E-state index contributed by atoms with van der Waals surface area (Å²) < 4.78 is 15.3. The highest BCUT2D eigenvalue weighted by atomic mass is 16.3. The maximum absolute atomic E-state index is 6.42. The van der Waals surface area contributed by atoms with E-state index in [1.165, 1.54) is 21.9 Å². The standard InChI is InChI=1S/C63H38N4O2/c1-4-18-39(19-5-1)42-34-35-53-51(36-42)44-24-10-13-29-52(44)67(53)60-49(40-20-6-2-7-21-40)37-43(38-50(60)41-22-8-3-9-23-41)61-64-62(47-27-16-32-56-58(47)45-25-11-14-30-54(45)68-56)66-63(65-61)48-28-17-33-57-59(48)46-26-12-15-31-55(46)69-57/h1-38H. The van der Waals surface area contributed by atoms with Gasteiger partial charge in [0.15, 0.2) is 17.5 Å². The van der Waals surface area contributed by atoms with E-state index in [1.807, 2.05) is 60.7 Å². The molecular weight excluding hydrogens is 845 g/mol. The van der Waals surface area contributed by atoms with Crippen LogP contribution in [0.15, 0.2) is 239 Å². The molecule has 4 aromatic heterocycles. The van der Waals surface area contributed by atoms with Crippen molar-refractivity contribution in [2.24, 2.45) is 0 Å². The Bertz CT molecular complexity index is 4110. The molecule has 0 bridgehead atoms. The van der Waals surface area contributed by atoms with E-state index < -0.39 is 0 Å². The van der Waals surface area contributed by atoms with Crippen molar-refractivity contribution >= 4 is 65.7 Å². The zero-order chi connectivity index (χ0) is 45.4. The second kappa shape index (κ2) is 15.6. The Morgan fingerprint density at radius 3 is 1.29 bits per heavy atom. The van der Waals surface area contributed by atoms with Crippen molar-refractivity contribution in [3.8, 4) is 73.2 Å². The second-order valence-electron chi connectivity index (χ2n) is 17.5. The average Bonchev–Trinajstić information content (AvgIpc) is 4.11. The lowest BCUT2D eigenvalue weighted by molar-refractivity contribution is 0.668. The van der Waals surface area contributed by atoms with Gasteiger partial charge in [0.2, 0.25) is 0 Å². The van der Waals surface area contributed by atoms with Crippen LogP contribution in [0.1, 0.15) is 0 Å². The molecule has 6 nitrogen and oxygen atoms in total. The molecule has 0 saturated carbocycles. The van der Waals surface area contributed by atoms with Crippen LogP contribution in [0.25, 0.3) is 139 Å². The van der Waals surface area contributed by atoms with Crippen LogP contribution in [-0.4, -0.2) is 19.5 Å². The Morgan fingerprint density at radius 1 is 0.275 bits per heavy atom. The molecule has 0 atom stereocenters. The number of nitrogens with zero attached hydrogens (tertiary/aromatic N) is 4. The molecule has 69 heavy (non-hydrogen) atoms. The predicted octanol–water partition coefficient (Wildman–Crippen LogP) is 16.8. The first-order valence-corrected chi connectivity index (χ1v) is 23.2. The van der Waals surface area contributed by atoms with E-state index >= 15 is 0 Å². The second-order valence-corrected chi connectivity index (χ2v) is 17.5. The first-order valence-electron chi connectivity index (χ1n) is 23.2. The van der Waals surface area contributed by atoms with Gasteiger partial charge in [-0.3, -0.25) is 0 Å². The Balaban J connectivity index is 1.09. The van der Waals surface area contributed by atoms with E-state index in [2.05, 4.69) is 174 Å². The Hall–Kier alpha value is -9.39. The summed E-state index contributed by atoms with van der Waals surface area (Å²) in [6.07, 6.45) is 0. The molecule has 0 unspecified atom stereocenters. The van der Waals surface area contributed by atoms with E-state index in [4.69, 9.17) is 23.8 Å². The molecule has 0 saturated heterocycles. The summed E-state index contributed by atoms with van der Waals surface area (Å²) in [6, 6.07) is 80.6. The van der Waals surface area contributed by atoms with Gasteiger partial charge in [0.05, 0.1) is 16.7 Å². The first kappa shape index (κ1) is 38.8. The maximum Gasteiger partial charge on any atom is 0.164 e. The lowest BCUT2D eigenvalue weighted by atomic mass is 9.92. The SMILES string of the molecule is c1ccc(-c2ccc3c(c2)c2ccccc2n3-c2c(-c3ccccc3)cc(-c3nc(-c4cccc5oc6ccccc6c45)nc(-c4cccc5oc6ccccc6c45)n3)cc2-c2ccccc2)cc1. The number of para-hydroxylation sites is 3. The van der Waals surface area contributed by atoms with Crippen LogP contribution < -0.4 is 0 Å². The summed E-state index contributed by atoms with van der Waals surface area (Å²) >= 11 is 0. The molecule has 14 aromatic rings. The number of hydrogen-bond donors (Lipinski definition) is 0. The first-order chi connectivity index (χ1) is 34.2. The van der Waals surface area contributed by atoms with Gasteiger partial charge in [-0.25, -0.2) is 15.0 Å². The third kappa shape index (κ3) is 6.30. The molecule has 0 aliphatic heterocycles. The minimum atomic E-state index is 0.542. The molecule has 0 amide bonds.